The molecule has 0 atom stereocenters. The average Bonchev–Trinajstić information content (AvgIpc) is 2.39. The molecule has 0 unspecified atom stereocenters. The van der Waals surface area contributed by atoms with Gasteiger partial charge in [0.05, 0.1) is 4.90 Å². The molecule has 114 valence electrons. The Morgan fingerprint density at radius 3 is 1.62 bits per heavy atom. The molecule has 2 aromatic carbocycles. The molecule has 2 aromatic rings. The molecule has 4 nitrogen and oxygen atoms in total. The Kier molecular flexibility index (Phi) is 5.74. The van der Waals surface area contributed by atoms with Crippen LogP contribution in [-0.4, -0.2) is 19.3 Å². The van der Waals surface area contributed by atoms with Gasteiger partial charge in [-0.2, -0.15) is 21.6 Å². The summed E-state index contributed by atoms with van der Waals surface area (Å²) < 4.78 is 64.1. The van der Waals surface area contributed by atoms with Crippen molar-refractivity contribution >= 4 is 15.8 Å². The minimum atomic E-state index is -4.35. The minimum Gasteiger partial charge on any atom is -0.298 e. The number of benzene rings is 2. The van der Waals surface area contributed by atoms with Crippen LogP contribution in [0.4, 0.5) is 18.9 Å². The second-order valence-electron chi connectivity index (χ2n) is 3.78. The third-order valence-electron chi connectivity index (χ3n) is 2.10. The van der Waals surface area contributed by atoms with Crippen molar-refractivity contribution in [3.63, 3.8) is 0 Å². The van der Waals surface area contributed by atoms with Gasteiger partial charge >= 0.3 is 6.30 Å². The fourth-order valence-corrected chi connectivity index (χ4v) is 1.78. The zero-order valence-corrected chi connectivity index (χ0v) is 11.4. The summed E-state index contributed by atoms with van der Waals surface area (Å²) in [6.07, 6.45) is -4.35. The summed E-state index contributed by atoms with van der Waals surface area (Å²) in [5.74, 6) is 0. The highest BCUT2D eigenvalue weighted by atomic mass is 32.2. The standard InChI is InChI=1S/C7H6F3N.C6H6O3S/c8-7(9,10)11-6-4-2-1-3-5-6;7-10(8,9)6-4-2-1-3-5-6/h1-5,11H;1-5H,(H,7,8,9). The van der Waals surface area contributed by atoms with Gasteiger partial charge in [0.1, 0.15) is 0 Å². The molecule has 0 bridgehead atoms. The van der Waals surface area contributed by atoms with Crippen LogP contribution in [0.5, 0.6) is 0 Å². The smallest absolute Gasteiger partial charge is 0.298 e. The Balaban J connectivity index is 0.000000211. The van der Waals surface area contributed by atoms with Crippen LogP contribution in [0.25, 0.3) is 0 Å². The van der Waals surface area contributed by atoms with Crippen LogP contribution >= 0.6 is 0 Å². The van der Waals surface area contributed by atoms with E-state index in [-0.39, 0.29) is 10.6 Å². The molecule has 0 heterocycles. The van der Waals surface area contributed by atoms with Gasteiger partial charge in [-0.25, -0.2) is 0 Å². The molecule has 0 spiro atoms. The van der Waals surface area contributed by atoms with Gasteiger partial charge in [-0.3, -0.25) is 9.87 Å². The summed E-state index contributed by atoms with van der Waals surface area (Å²) >= 11 is 0. The zero-order chi connectivity index (χ0) is 15.9. The number of rotatable bonds is 2. The predicted octanol–water partition coefficient (Wildman–Crippen LogP) is 3.55. The average molecular weight is 319 g/mol. The highest BCUT2D eigenvalue weighted by Gasteiger charge is 2.26. The molecule has 2 N–H and O–H groups in total. The molecule has 0 saturated heterocycles. The molecule has 0 fully saturated rings. The van der Waals surface area contributed by atoms with E-state index in [1.807, 2.05) is 0 Å². The lowest BCUT2D eigenvalue weighted by Gasteiger charge is -2.08. The van der Waals surface area contributed by atoms with Gasteiger partial charge in [0.25, 0.3) is 10.1 Å². The van der Waals surface area contributed by atoms with Crippen molar-refractivity contribution in [3.8, 4) is 0 Å². The number of hydrogen-bond acceptors (Lipinski definition) is 3. The Labute approximate surface area is 120 Å². The largest absolute Gasteiger partial charge is 0.482 e. The van der Waals surface area contributed by atoms with Crippen molar-refractivity contribution in [1.29, 1.82) is 0 Å². The quantitative estimate of drug-likeness (QED) is 0.656. The maximum Gasteiger partial charge on any atom is 0.482 e. The van der Waals surface area contributed by atoms with E-state index in [4.69, 9.17) is 4.55 Å². The summed E-state index contributed by atoms with van der Waals surface area (Å²) in [6.45, 7) is 0. The summed E-state index contributed by atoms with van der Waals surface area (Å²) in [4.78, 5) is -0.0741. The van der Waals surface area contributed by atoms with Gasteiger partial charge in [0.2, 0.25) is 0 Å². The summed E-state index contributed by atoms with van der Waals surface area (Å²) in [5.41, 5.74) is 0.0556. The molecular formula is C13H12F3NO3S. The van der Waals surface area contributed by atoms with E-state index in [1.165, 1.54) is 41.7 Å². The van der Waals surface area contributed by atoms with Gasteiger partial charge < -0.3 is 0 Å². The Bertz CT molecular complexity index is 643. The monoisotopic (exact) mass is 319 g/mol. The van der Waals surface area contributed by atoms with Crippen molar-refractivity contribution < 1.29 is 26.1 Å². The van der Waals surface area contributed by atoms with Crippen LogP contribution in [0.15, 0.2) is 65.6 Å². The first kappa shape index (κ1) is 17.0. The van der Waals surface area contributed by atoms with Crippen molar-refractivity contribution in [2.24, 2.45) is 0 Å². The van der Waals surface area contributed by atoms with Gasteiger partial charge in [-0.15, -0.1) is 0 Å². The molecule has 0 radical (unpaired) electrons. The number of nitrogens with one attached hydrogen (secondary N) is 1. The van der Waals surface area contributed by atoms with Crippen LogP contribution in [-0.2, 0) is 10.1 Å². The number of halogens is 3. The predicted molar refractivity (Wildman–Crippen MR) is 72.4 cm³/mol. The highest BCUT2D eigenvalue weighted by Crippen LogP contribution is 2.18. The summed E-state index contributed by atoms with van der Waals surface area (Å²) in [7, 11) is -4.00. The van der Waals surface area contributed by atoms with Gasteiger partial charge in [-0.05, 0) is 24.3 Å². The van der Waals surface area contributed by atoms with Crippen molar-refractivity contribution in [1.82, 2.24) is 0 Å². The molecule has 0 aromatic heterocycles. The van der Waals surface area contributed by atoms with Gasteiger partial charge in [0.15, 0.2) is 0 Å². The topological polar surface area (TPSA) is 66.4 Å². The number of para-hydroxylation sites is 1. The first-order valence-corrected chi connectivity index (χ1v) is 7.05. The molecule has 0 saturated carbocycles. The van der Waals surface area contributed by atoms with E-state index in [9.17, 15) is 21.6 Å². The molecule has 2 rings (SSSR count). The lowest BCUT2D eigenvalue weighted by atomic mass is 10.3. The second-order valence-corrected chi connectivity index (χ2v) is 5.20. The normalized spacial score (nSPS) is 11.2. The third-order valence-corrected chi connectivity index (χ3v) is 2.97. The number of hydrogen-bond donors (Lipinski definition) is 2. The minimum absolute atomic E-state index is 0.0556. The van der Waals surface area contributed by atoms with Gasteiger partial charge in [-0.1, -0.05) is 36.4 Å². The lowest BCUT2D eigenvalue weighted by molar-refractivity contribution is -0.0999. The van der Waals surface area contributed by atoms with E-state index in [0.29, 0.717) is 0 Å². The molecule has 0 aliphatic heterocycles. The number of alkyl halides is 3. The van der Waals surface area contributed by atoms with Crippen LogP contribution in [0.3, 0.4) is 0 Å². The Morgan fingerprint density at radius 1 is 0.857 bits per heavy atom. The van der Waals surface area contributed by atoms with E-state index in [2.05, 4.69) is 0 Å². The molecule has 0 aliphatic rings. The molecular weight excluding hydrogens is 307 g/mol. The first-order chi connectivity index (χ1) is 9.68. The molecule has 21 heavy (non-hydrogen) atoms. The molecule has 8 heteroatoms. The molecule has 0 aliphatic carbocycles. The van der Waals surface area contributed by atoms with E-state index >= 15 is 0 Å². The third kappa shape index (κ3) is 7.33. The summed E-state index contributed by atoms with van der Waals surface area (Å²) in [5, 5.41) is 1.38. The lowest BCUT2D eigenvalue weighted by Crippen LogP contribution is -2.20. The zero-order valence-electron chi connectivity index (χ0n) is 10.6. The fourth-order valence-electron chi connectivity index (χ4n) is 1.28. The summed E-state index contributed by atoms with van der Waals surface area (Å²) in [6, 6.07) is 14.9. The van der Waals surface area contributed by atoms with Crippen molar-refractivity contribution in [3.05, 3.63) is 60.7 Å². The Hall–Kier alpha value is -2.06. The van der Waals surface area contributed by atoms with Crippen molar-refractivity contribution in [2.45, 2.75) is 11.2 Å². The second kappa shape index (κ2) is 7.09. The van der Waals surface area contributed by atoms with E-state index < -0.39 is 16.4 Å². The van der Waals surface area contributed by atoms with Crippen LogP contribution < -0.4 is 5.32 Å². The highest BCUT2D eigenvalue weighted by molar-refractivity contribution is 7.85. The number of anilines is 1. The van der Waals surface area contributed by atoms with E-state index in [1.54, 1.807) is 24.3 Å². The van der Waals surface area contributed by atoms with Crippen LogP contribution in [0.1, 0.15) is 0 Å². The van der Waals surface area contributed by atoms with Crippen LogP contribution in [0.2, 0.25) is 0 Å². The fraction of sp³-hybridized carbons (Fsp3) is 0.0769. The van der Waals surface area contributed by atoms with E-state index in [0.717, 1.165) is 0 Å². The first-order valence-electron chi connectivity index (χ1n) is 5.61. The Morgan fingerprint density at radius 2 is 1.29 bits per heavy atom. The maximum atomic E-state index is 11.6. The van der Waals surface area contributed by atoms with Gasteiger partial charge in [0, 0.05) is 5.69 Å². The van der Waals surface area contributed by atoms with Crippen molar-refractivity contribution in [2.75, 3.05) is 5.32 Å². The SMILES string of the molecule is FC(F)(F)Nc1ccccc1.O=S(=O)(O)c1ccccc1. The molecule has 0 amide bonds. The maximum absolute atomic E-state index is 11.6. The van der Waals surface area contributed by atoms with Crippen LogP contribution in [0, 0.1) is 0 Å².